The molecule has 0 aliphatic rings. The van der Waals surface area contributed by atoms with Crippen LogP contribution in [0, 0.1) is 17.3 Å². The summed E-state index contributed by atoms with van der Waals surface area (Å²) in [4.78, 5) is 10.9. The van der Waals surface area contributed by atoms with Gasteiger partial charge in [-0.15, -0.1) is 0 Å². The SMILES string of the molecule is CC(C)CC(C)(C(=O)[O-])C(C)C.[Ag+]. The maximum Gasteiger partial charge on any atom is 1.00 e. The molecule has 0 aromatic carbocycles. The molecular weight excluding hydrogens is 260 g/mol. The van der Waals surface area contributed by atoms with E-state index < -0.39 is 11.4 Å². The molecule has 0 aliphatic carbocycles. The van der Waals surface area contributed by atoms with E-state index >= 15 is 0 Å². The zero-order valence-electron chi connectivity index (χ0n) is 8.98. The molecule has 0 spiro atoms. The van der Waals surface area contributed by atoms with Crippen LogP contribution in [0.1, 0.15) is 41.0 Å². The minimum atomic E-state index is -0.925. The first-order valence-electron chi connectivity index (χ1n) is 4.52. The van der Waals surface area contributed by atoms with Crippen LogP contribution in [0.3, 0.4) is 0 Å². The number of aliphatic carboxylic acids is 1. The molecule has 0 aromatic rings. The van der Waals surface area contributed by atoms with Crippen molar-refractivity contribution < 1.29 is 32.3 Å². The van der Waals surface area contributed by atoms with Crippen LogP contribution in [-0.4, -0.2) is 5.97 Å². The Morgan fingerprint density at radius 2 is 1.69 bits per heavy atom. The van der Waals surface area contributed by atoms with Gasteiger partial charge in [-0.2, -0.15) is 0 Å². The Bertz CT molecular complexity index is 166. The van der Waals surface area contributed by atoms with Crippen molar-refractivity contribution in [1.82, 2.24) is 0 Å². The van der Waals surface area contributed by atoms with Crippen molar-refractivity contribution in [2.24, 2.45) is 17.3 Å². The molecule has 1 unspecified atom stereocenters. The summed E-state index contributed by atoms with van der Waals surface area (Å²) in [7, 11) is 0. The van der Waals surface area contributed by atoms with Gasteiger partial charge in [0.1, 0.15) is 0 Å². The van der Waals surface area contributed by atoms with E-state index in [-0.39, 0.29) is 28.3 Å². The van der Waals surface area contributed by atoms with Gasteiger partial charge in [-0.1, -0.05) is 34.6 Å². The van der Waals surface area contributed by atoms with E-state index in [1.165, 1.54) is 0 Å². The van der Waals surface area contributed by atoms with Gasteiger partial charge in [0.2, 0.25) is 0 Å². The van der Waals surface area contributed by atoms with Crippen LogP contribution in [0.5, 0.6) is 0 Å². The zero-order chi connectivity index (χ0) is 9.94. The molecule has 0 rings (SSSR count). The predicted molar refractivity (Wildman–Crippen MR) is 47.4 cm³/mol. The molecule has 0 saturated heterocycles. The smallest absolute Gasteiger partial charge is 0.550 e. The molecule has 0 fully saturated rings. The topological polar surface area (TPSA) is 40.1 Å². The van der Waals surface area contributed by atoms with Crippen molar-refractivity contribution in [2.75, 3.05) is 0 Å². The fourth-order valence-electron chi connectivity index (χ4n) is 1.40. The fourth-order valence-corrected chi connectivity index (χ4v) is 1.40. The van der Waals surface area contributed by atoms with E-state index in [4.69, 9.17) is 0 Å². The van der Waals surface area contributed by atoms with Gasteiger partial charge < -0.3 is 9.90 Å². The second kappa shape index (κ2) is 5.84. The van der Waals surface area contributed by atoms with Gasteiger partial charge in [-0.05, 0) is 18.3 Å². The standard InChI is InChI=1S/C10H20O2.Ag/c1-7(2)6-10(5,8(3)4)9(11)12;/h7-8H,6H2,1-5H3,(H,11,12);/q;+1/p-1. The molecule has 0 bridgehead atoms. The maximum atomic E-state index is 10.9. The summed E-state index contributed by atoms with van der Waals surface area (Å²) in [6, 6.07) is 0. The number of carbonyl (C=O) groups is 1. The summed E-state index contributed by atoms with van der Waals surface area (Å²) in [6.45, 7) is 9.69. The number of carboxylic acids is 1. The number of carboxylic acid groups (broad SMARTS) is 1. The molecule has 3 heteroatoms. The van der Waals surface area contributed by atoms with Crippen LogP contribution >= 0.6 is 0 Å². The first-order valence-corrected chi connectivity index (χ1v) is 4.52. The molecule has 0 N–H and O–H groups in total. The van der Waals surface area contributed by atoms with Crippen LogP contribution in [0.2, 0.25) is 0 Å². The minimum absolute atomic E-state index is 0. The van der Waals surface area contributed by atoms with E-state index in [0.717, 1.165) is 0 Å². The van der Waals surface area contributed by atoms with Gasteiger partial charge in [-0.3, -0.25) is 0 Å². The molecular formula is C10H19AgO2. The molecule has 0 amide bonds. The quantitative estimate of drug-likeness (QED) is 0.731. The summed E-state index contributed by atoms with van der Waals surface area (Å²) < 4.78 is 0. The molecule has 13 heavy (non-hydrogen) atoms. The van der Waals surface area contributed by atoms with Crippen molar-refractivity contribution in [3.05, 3.63) is 0 Å². The van der Waals surface area contributed by atoms with E-state index in [1.807, 2.05) is 27.7 Å². The first-order chi connectivity index (χ1) is 5.30. The Kier molecular flexibility index (Phi) is 7.04. The average molecular weight is 279 g/mol. The van der Waals surface area contributed by atoms with Crippen molar-refractivity contribution in [2.45, 2.75) is 41.0 Å². The Morgan fingerprint density at radius 3 is 1.77 bits per heavy atom. The molecule has 0 aromatic heterocycles. The van der Waals surface area contributed by atoms with Crippen molar-refractivity contribution in [1.29, 1.82) is 0 Å². The third kappa shape index (κ3) is 4.30. The van der Waals surface area contributed by atoms with Crippen molar-refractivity contribution >= 4 is 5.97 Å². The van der Waals surface area contributed by atoms with Crippen LogP contribution in [0.15, 0.2) is 0 Å². The molecule has 0 radical (unpaired) electrons. The summed E-state index contributed by atoms with van der Waals surface area (Å²) in [5.74, 6) is -0.397. The van der Waals surface area contributed by atoms with Crippen LogP contribution in [0.4, 0.5) is 0 Å². The first kappa shape index (κ1) is 15.7. The minimum Gasteiger partial charge on any atom is -0.550 e. The second-order valence-electron chi connectivity index (χ2n) is 4.46. The Hall–Kier alpha value is 0.210. The molecule has 82 valence electrons. The van der Waals surface area contributed by atoms with E-state index in [2.05, 4.69) is 0 Å². The average Bonchev–Trinajstić information content (AvgIpc) is 1.84. The largest absolute Gasteiger partial charge is 1.00 e. The monoisotopic (exact) mass is 278 g/mol. The van der Waals surface area contributed by atoms with Gasteiger partial charge in [-0.25, -0.2) is 0 Å². The summed E-state index contributed by atoms with van der Waals surface area (Å²) in [6.07, 6.45) is 0.688. The Morgan fingerprint density at radius 1 is 1.31 bits per heavy atom. The number of hydrogen-bond acceptors (Lipinski definition) is 2. The maximum absolute atomic E-state index is 10.9. The van der Waals surface area contributed by atoms with E-state index in [1.54, 1.807) is 6.92 Å². The summed E-state index contributed by atoms with van der Waals surface area (Å²) in [5.41, 5.74) is -0.672. The van der Waals surface area contributed by atoms with Gasteiger partial charge in [0.15, 0.2) is 0 Å². The van der Waals surface area contributed by atoms with E-state index in [9.17, 15) is 9.90 Å². The molecule has 2 nitrogen and oxygen atoms in total. The van der Waals surface area contributed by atoms with Gasteiger partial charge in [0, 0.05) is 11.4 Å². The normalized spacial score (nSPS) is 15.3. The summed E-state index contributed by atoms with van der Waals surface area (Å²) in [5, 5.41) is 10.9. The Labute approximate surface area is 96.6 Å². The molecule has 0 aliphatic heterocycles. The number of rotatable bonds is 4. The second-order valence-corrected chi connectivity index (χ2v) is 4.46. The van der Waals surface area contributed by atoms with Crippen LogP contribution in [0.25, 0.3) is 0 Å². The predicted octanol–water partition coefficient (Wildman–Crippen LogP) is 1.44. The van der Waals surface area contributed by atoms with Crippen molar-refractivity contribution in [3.8, 4) is 0 Å². The Balaban J connectivity index is 0. The molecule has 0 heterocycles. The van der Waals surface area contributed by atoms with Crippen molar-refractivity contribution in [3.63, 3.8) is 0 Å². The third-order valence-corrected chi connectivity index (χ3v) is 2.57. The molecule has 1 atom stereocenters. The van der Waals surface area contributed by atoms with Gasteiger partial charge in [0.25, 0.3) is 0 Å². The van der Waals surface area contributed by atoms with E-state index in [0.29, 0.717) is 12.3 Å². The third-order valence-electron chi connectivity index (χ3n) is 2.57. The van der Waals surface area contributed by atoms with Gasteiger partial charge >= 0.3 is 22.4 Å². The number of hydrogen-bond donors (Lipinski definition) is 0. The van der Waals surface area contributed by atoms with Gasteiger partial charge in [0.05, 0.1) is 0 Å². The van der Waals surface area contributed by atoms with Crippen LogP contribution < -0.4 is 5.11 Å². The number of carbonyl (C=O) groups excluding carboxylic acids is 1. The fraction of sp³-hybridized carbons (Fsp3) is 0.900. The zero-order valence-corrected chi connectivity index (χ0v) is 10.5. The summed E-state index contributed by atoms with van der Waals surface area (Å²) >= 11 is 0. The van der Waals surface area contributed by atoms with Crippen LogP contribution in [-0.2, 0) is 27.2 Å². The molecule has 0 saturated carbocycles.